The molecule has 0 N–H and O–H groups in total. The van der Waals surface area contributed by atoms with E-state index >= 15 is 0 Å². The molecule has 216 valence electrons. The summed E-state index contributed by atoms with van der Waals surface area (Å²) in [6.07, 6.45) is -10.1. The summed E-state index contributed by atoms with van der Waals surface area (Å²) in [5.74, 6) is -58.4. The van der Waals surface area contributed by atoms with Crippen LogP contribution in [0.2, 0.25) is 0 Å². The molecule has 0 radical (unpaired) electrons. The van der Waals surface area contributed by atoms with Gasteiger partial charge in [-0.15, -0.1) is 0 Å². The Morgan fingerprint density at radius 3 is 1.27 bits per heavy atom. The molecule has 1 unspecified atom stereocenters. The van der Waals surface area contributed by atoms with Crippen molar-refractivity contribution in [3.63, 3.8) is 0 Å². The highest BCUT2D eigenvalue weighted by molar-refractivity contribution is 7.85. The van der Waals surface area contributed by atoms with Crippen LogP contribution in [0.4, 0.5) is 74.6 Å². The van der Waals surface area contributed by atoms with E-state index in [1.807, 2.05) is 0 Å². The van der Waals surface area contributed by atoms with Gasteiger partial charge < -0.3 is 0 Å². The number of hydrogen-bond acceptors (Lipinski definition) is 1. The Bertz CT molecular complexity index is 965. The highest BCUT2D eigenvalue weighted by atomic mass is 32.2. The maximum atomic E-state index is 13.9. The molecule has 0 heterocycles. The molecule has 1 rings (SSSR count). The van der Waals surface area contributed by atoms with Crippen molar-refractivity contribution in [2.45, 2.75) is 72.3 Å². The van der Waals surface area contributed by atoms with Crippen LogP contribution in [0.3, 0.4) is 0 Å². The van der Waals surface area contributed by atoms with Gasteiger partial charge in [0.25, 0.3) is 0 Å². The van der Waals surface area contributed by atoms with Crippen LogP contribution in [0, 0.1) is 0 Å². The van der Waals surface area contributed by atoms with Crippen molar-refractivity contribution in [3.8, 4) is 0 Å². The molecule has 0 aliphatic carbocycles. The maximum absolute atomic E-state index is 13.9. The summed E-state index contributed by atoms with van der Waals surface area (Å²) in [6.45, 7) is 1.65. The van der Waals surface area contributed by atoms with Gasteiger partial charge in [0.05, 0.1) is 10.8 Å². The molecule has 0 fully saturated rings. The molecule has 0 saturated heterocycles. The average molecular weight is 600 g/mol. The van der Waals surface area contributed by atoms with Crippen LogP contribution in [0.1, 0.15) is 18.9 Å². The van der Waals surface area contributed by atoms with Gasteiger partial charge in [-0.3, -0.25) is 4.21 Å². The first-order valence-electron chi connectivity index (χ1n) is 9.36. The number of alkyl halides is 17. The van der Waals surface area contributed by atoms with Crippen molar-refractivity contribution in [2.24, 2.45) is 0 Å². The van der Waals surface area contributed by atoms with E-state index in [1.165, 1.54) is 12.1 Å². The van der Waals surface area contributed by atoms with Crippen molar-refractivity contribution in [1.82, 2.24) is 0 Å². The molecule has 1 aromatic rings. The van der Waals surface area contributed by atoms with Crippen LogP contribution in [0.5, 0.6) is 0 Å². The van der Waals surface area contributed by atoms with E-state index in [1.54, 1.807) is 6.92 Å². The number of halogens is 17. The van der Waals surface area contributed by atoms with Crippen LogP contribution < -0.4 is 0 Å². The third kappa shape index (κ3) is 5.12. The minimum absolute atomic E-state index is 0.367. The summed E-state index contributed by atoms with van der Waals surface area (Å²) in [4.78, 5) is -0.367. The first-order valence-corrected chi connectivity index (χ1v) is 10.7. The first kappa shape index (κ1) is 33.2. The van der Waals surface area contributed by atoms with Gasteiger partial charge in [-0.25, -0.2) is 0 Å². The second-order valence-corrected chi connectivity index (χ2v) is 9.02. The summed E-state index contributed by atoms with van der Waals surface area (Å²) in [7, 11) is -2.71. The molecule has 1 atom stereocenters. The molecule has 37 heavy (non-hydrogen) atoms. The molecule has 0 aliphatic heterocycles. The molecule has 19 heteroatoms. The predicted molar refractivity (Wildman–Crippen MR) is 92.4 cm³/mol. The Balaban J connectivity index is 3.38. The van der Waals surface area contributed by atoms with E-state index in [4.69, 9.17) is 0 Å². The highest BCUT2D eigenvalue weighted by Crippen LogP contribution is 2.64. The molecule has 0 saturated carbocycles. The molecule has 1 aromatic carbocycles. The summed E-state index contributed by atoms with van der Waals surface area (Å²) in [5.41, 5.74) is 0.591. The van der Waals surface area contributed by atoms with Crippen LogP contribution in [-0.2, 0) is 17.2 Å². The molecule has 0 bridgehead atoms. The Kier molecular flexibility index (Phi) is 8.74. The van der Waals surface area contributed by atoms with Crippen LogP contribution in [0.25, 0.3) is 0 Å². The third-order valence-corrected chi connectivity index (χ3v) is 6.36. The minimum atomic E-state index is -8.66. The fraction of sp³-hybridized carbons (Fsp3) is 0.667. The van der Waals surface area contributed by atoms with Crippen molar-refractivity contribution in [1.29, 1.82) is 0 Å². The summed E-state index contributed by atoms with van der Waals surface area (Å²) in [5, 5.41) is 0. The first-order chi connectivity index (χ1) is 16.2. The zero-order valence-electron chi connectivity index (χ0n) is 17.7. The van der Waals surface area contributed by atoms with Gasteiger partial charge in [0, 0.05) is 17.1 Å². The van der Waals surface area contributed by atoms with Crippen LogP contribution in [-0.4, -0.2) is 57.6 Å². The smallest absolute Gasteiger partial charge is 0.254 e. The summed E-state index contributed by atoms with van der Waals surface area (Å²) < 4.78 is 237. The second kappa shape index (κ2) is 9.73. The highest BCUT2D eigenvalue weighted by Gasteiger charge is 2.95. The summed E-state index contributed by atoms with van der Waals surface area (Å²) >= 11 is 0. The monoisotopic (exact) mass is 600 g/mol. The lowest BCUT2D eigenvalue weighted by Crippen LogP contribution is -2.74. The third-order valence-electron chi connectivity index (χ3n) is 4.98. The van der Waals surface area contributed by atoms with Crippen molar-refractivity contribution in [2.75, 3.05) is 5.75 Å². The number of benzene rings is 1. The number of aryl methyl sites for hydroxylation is 1. The van der Waals surface area contributed by atoms with Gasteiger partial charge in [-0.2, -0.15) is 74.6 Å². The van der Waals surface area contributed by atoms with Crippen LogP contribution in [0.15, 0.2) is 29.2 Å². The molecule has 0 amide bonds. The molecule has 0 aliphatic rings. The molecular weight excluding hydrogens is 587 g/mol. The molecular formula is C18H13F17OS. The number of hydrogen-bond donors (Lipinski definition) is 0. The largest absolute Gasteiger partial charge is 0.460 e. The van der Waals surface area contributed by atoms with E-state index in [-0.39, 0.29) is 4.90 Å². The van der Waals surface area contributed by atoms with E-state index in [0.29, 0.717) is 12.0 Å². The normalized spacial score (nSPS) is 16.2. The van der Waals surface area contributed by atoms with Gasteiger partial charge in [0.1, 0.15) is 0 Å². The van der Waals surface area contributed by atoms with Crippen molar-refractivity contribution < 1.29 is 78.8 Å². The Labute approximate surface area is 198 Å². The Hall–Kier alpha value is -1.82. The zero-order valence-corrected chi connectivity index (χ0v) is 18.5. The molecule has 0 spiro atoms. The Morgan fingerprint density at radius 2 is 0.919 bits per heavy atom. The lowest BCUT2D eigenvalue weighted by atomic mass is 9.88. The SMILES string of the molecule is CCc1ccc(S(=O)CCC(F)(F)C(F)(F)C(F)(F)C(F)(F)C(F)(F)C(F)(F)C(F)(F)C(F)(F)F)cc1. The van der Waals surface area contributed by atoms with Gasteiger partial charge in [0.15, 0.2) is 0 Å². The van der Waals surface area contributed by atoms with E-state index in [9.17, 15) is 78.8 Å². The van der Waals surface area contributed by atoms with Gasteiger partial charge >= 0.3 is 47.6 Å². The predicted octanol–water partition coefficient (Wildman–Crippen LogP) is 7.76. The topological polar surface area (TPSA) is 17.1 Å². The zero-order chi connectivity index (χ0) is 29.7. The van der Waals surface area contributed by atoms with E-state index in [2.05, 4.69) is 0 Å². The standard InChI is InChI=1S/C18H13F17OS/c1-2-9-3-5-10(6-4-9)37(36)8-7-11(19,20)12(21,22)13(23,24)14(25,26)15(27,28)16(29,30)17(31,32)18(33,34)35/h3-6H,2,7-8H2,1H3. The molecule has 0 aromatic heterocycles. The Morgan fingerprint density at radius 1 is 0.568 bits per heavy atom. The van der Waals surface area contributed by atoms with Gasteiger partial charge in [-0.05, 0) is 24.1 Å². The number of rotatable bonds is 11. The fourth-order valence-corrected chi connectivity index (χ4v) is 3.69. The second-order valence-electron chi connectivity index (χ2n) is 7.45. The fourth-order valence-electron chi connectivity index (χ4n) is 2.57. The quantitative estimate of drug-likeness (QED) is 0.238. The summed E-state index contributed by atoms with van der Waals surface area (Å²) in [6, 6.07) is 4.57. The molecule has 1 nitrogen and oxygen atoms in total. The minimum Gasteiger partial charge on any atom is -0.254 e. The van der Waals surface area contributed by atoms with Crippen molar-refractivity contribution in [3.05, 3.63) is 29.8 Å². The van der Waals surface area contributed by atoms with Crippen molar-refractivity contribution >= 4 is 10.8 Å². The van der Waals surface area contributed by atoms with Gasteiger partial charge in [-0.1, -0.05) is 19.1 Å². The van der Waals surface area contributed by atoms with E-state index in [0.717, 1.165) is 12.1 Å². The lowest BCUT2D eigenvalue weighted by molar-refractivity contribution is -0.461. The van der Waals surface area contributed by atoms with Crippen LogP contribution >= 0.6 is 0 Å². The van der Waals surface area contributed by atoms with Gasteiger partial charge in [0.2, 0.25) is 0 Å². The maximum Gasteiger partial charge on any atom is 0.460 e. The average Bonchev–Trinajstić information content (AvgIpc) is 2.75. The van der Waals surface area contributed by atoms with E-state index < -0.39 is 70.6 Å². The lowest BCUT2D eigenvalue weighted by Gasteiger charge is -2.42.